The number of aryl methyl sites for hydroxylation is 1. The Labute approximate surface area is 118 Å². The molecule has 0 radical (unpaired) electrons. The van der Waals surface area contributed by atoms with Crippen LogP contribution in [0.4, 0.5) is 5.69 Å². The summed E-state index contributed by atoms with van der Waals surface area (Å²) in [5.74, 6) is 0.863. The quantitative estimate of drug-likeness (QED) is 0.879. The summed E-state index contributed by atoms with van der Waals surface area (Å²) < 4.78 is 5.08. The highest BCUT2D eigenvalue weighted by atomic mass is 16.5. The molecule has 0 aromatic heterocycles. The van der Waals surface area contributed by atoms with Crippen LogP contribution >= 0.6 is 0 Å². The largest absolute Gasteiger partial charge is 0.508 e. The second-order valence-electron chi connectivity index (χ2n) is 4.45. The van der Waals surface area contributed by atoms with E-state index in [-0.39, 0.29) is 11.7 Å². The molecule has 4 heteroatoms. The fourth-order valence-corrected chi connectivity index (χ4v) is 1.86. The lowest BCUT2D eigenvalue weighted by Gasteiger charge is -2.06. The number of nitrogens with one attached hydrogen (secondary N) is 1. The fraction of sp³-hybridized carbons (Fsp3) is 0.188. The molecule has 0 saturated carbocycles. The number of amides is 1. The molecule has 0 aliphatic rings. The van der Waals surface area contributed by atoms with Crippen LogP contribution in [-0.2, 0) is 11.2 Å². The summed E-state index contributed by atoms with van der Waals surface area (Å²) in [4.78, 5) is 11.8. The molecule has 0 spiro atoms. The van der Waals surface area contributed by atoms with Crippen LogP contribution in [0.3, 0.4) is 0 Å². The van der Waals surface area contributed by atoms with E-state index in [2.05, 4.69) is 5.32 Å². The van der Waals surface area contributed by atoms with E-state index in [1.165, 1.54) is 6.07 Å². The highest BCUT2D eigenvalue weighted by Crippen LogP contribution is 2.16. The van der Waals surface area contributed by atoms with Crippen molar-refractivity contribution in [1.29, 1.82) is 0 Å². The molecule has 0 bridgehead atoms. The summed E-state index contributed by atoms with van der Waals surface area (Å²) >= 11 is 0. The van der Waals surface area contributed by atoms with Gasteiger partial charge < -0.3 is 15.2 Å². The molecule has 0 aliphatic carbocycles. The molecule has 2 N–H and O–H groups in total. The summed E-state index contributed by atoms with van der Waals surface area (Å²) in [6.07, 6.45) is 1.05. The third-order valence-electron chi connectivity index (χ3n) is 2.93. The van der Waals surface area contributed by atoms with Crippen molar-refractivity contribution in [1.82, 2.24) is 0 Å². The van der Waals surface area contributed by atoms with E-state index in [0.717, 1.165) is 11.3 Å². The maximum Gasteiger partial charge on any atom is 0.224 e. The van der Waals surface area contributed by atoms with E-state index in [1.807, 2.05) is 24.3 Å². The van der Waals surface area contributed by atoms with E-state index in [9.17, 15) is 9.90 Å². The van der Waals surface area contributed by atoms with Crippen molar-refractivity contribution in [3.63, 3.8) is 0 Å². The first-order valence-corrected chi connectivity index (χ1v) is 6.39. The smallest absolute Gasteiger partial charge is 0.224 e. The van der Waals surface area contributed by atoms with Crippen LogP contribution in [0.15, 0.2) is 48.5 Å². The van der Waals surface area contributed by atoms with E-state index >= 15 is 0 Å². The zero-order chi connectivity index (χ0) is 14.4. The van der Waals surface area contributed by atoms with Crippen LogP contribution in [0.5, 0.6) is 11.5 Å². The number of hydrogen-bond donors (Lipinski definition) is 2. The second-order valence-corrected chi connectivity index (χ2v) is 4.45. The molecular weight excluding hydrogens is 254 g/mol. The Morgan fingerprint density at radius 2 is 1.95 bits per heavy atom. The van der Waals surface area contributed by atoms with Gasteiger partial charge in [-0.05, 0) is 36.2 Å². The fourth-order valence-electron chi connectivity index (χ4n) is 1.86. The van der Waals surface area contributed by atoms with E-state index < -0.39 is 0 Å². The number of carbonyl (C=O) groups is 1. The van der Waals surface area contributed by atoms with E-state index in [1.54, 1.807) is 25.3 Å². The van der Waals surface area contributed by atoms with Gasteiger partial charge in [0.15, 0.2) is 0 Å². The van der Waals surface area contributed by atoms with Gasteiger partial charge in [0.05, 0.1) is 7.11 Å². The van der Waals surface area contributed by atoms with Gasteiger partial charge in [0.25, 0.3) is 0 Å². The summed E-state index contributed by atoms with van der Waals surface area (Å²) in [5.41, 5.74) is 1.68. The molecule has 0 atom stereocenters. The molecule has 0 fully saturated rings. The minimum Gasteiger partial charge on any atom is -0.508 e. The average molecular weight is 271 g/mol. The summed E-state index contributed by atoms with van der Waals surface area (Å²) in [7, 11) is 1.62. The van der Waals surface area contributed by atoms with Gasteiger partial charge in [0.2, 0.25) is 5.91 Å². The molecule has 2 rings (SSSR count). The van der Waals surface area contributed by atoms with E-state index in [0.29, 0.717) is 18.5 Å². The molecule has 104 valence electrons. The number of anilines is 1. The van der Waals surface area contributed by atoms with Crippen LogP contribution in [-0.4, -0.2) is 18.1 Å². The maximum atomic E-state index is 11.8. The lowest BCUT2D eigenvalue weighted by atomic mass is 10.1. The summed E-state index contributed by atoms with van der Waals surface area (Å²) in [5, 5.41) is 12.1. The van der Waals surface area contributed by atoms with Crippen molar-refractivity contribution in [3.05, 3.63) is 54.1 Å². The number of rotatable bonds is 5. The molecule has 1 amide bonds. The van der Waals surface area contributed by atoms with Gasteiger partial charge in [-0.2, -0.15) is 0 Å². The normalized spacial score (nSPS) is 10.1. The Morgan fingerprint density at radius 3 is 2.60 bits per heavy atom. The Bertz CT molecular complexity index is 579. The van der Waals surface area contributed by atoms with Crippen molar-refractivity contribution in [2.75, 3.05) is 12.4 Å². The first-order valence-electron chi connectivity index (χ1n) is 6.39. The molecule has 4 nitrogen and oxygen atoms in total. The number of benzene rings is 2. The number of methoxy groups -OCH3 is 1. The van der Waals surface area contributed by atoms with Crippen LogP contribution in [0.25, 0.3) is 0 Å². The minimum atomic E-state index is -0.0774. The zero-order valence-electron chi connectivity index (χ0n) is 11.3. The highest BCUT2D eigenvalue weighted by Gasteiger charge is 2.04. The predicted molar refractivity (Wildman–Crippen MR) is 78.1 cm³/mol. The molecular formula is C16H17NO3. The van der Waals surface area contributed by atoms with Gasteiger partial charge in [0.1, 0.15) is 11.5 Å². The monoisotopic (exact) mass is 271 g/mol. The van der Waals surface area contributed by atoms with E-state index in [4.69, 9.17) is 4.74 Å². The first-order chi connectivity index (χ1) is 9.67. The molecule has 0 aliphatic heterocycles. The Morgan fingerprint density at radius 1 is 1.20 bits per heavy atom. The summed E-state index contributed by atoms with van der Waals surface area (Å²) in [6, 6.07) is 14.2. The number of hydrogen-bond acceptors (Lipinski definition) is 3. The first kappa shape index (κ1) is 13.9. The van der Waals surface area contributed by atoms with Gasteiger partial charge in [-0.25, -0.2) is 0 Å². The van der Waals surface area contributed by atoms with Crippen molar-refractivity contribution < 1.29 is 14.6 Å². The van der Waals surface area contributed by atoms with Crippen molar-refractivity contribution >= 4 is 11.6 Å². The number of aromatic hydroxyl groups is 1. The molecule has 0 saturated heterocycles. The lowest BCUT2D eigenvalue weighted by Crippen LogP contribution is -2.12. The van der Waals surface area contributed by atoms with Gasteiger partial charge in [-0.3, -0.25) is 4.79 Å². The Hall–Kier alpha value is -2.49. The third kappa shape index (κ3) is 4.02. The van der Waals surface area contributed by atoms with Crippen molar-refractivity contribution in [2.24, 2.45) is 0 Å². The second kappa shape index (κ2) is 6.61. The van der Waals surface area contributed by atoms with Gasteiger partial charge in [-0.1, -0.05) is 18.2 Å². The number of phenols is 1. The zero-order valence-corrected chi connectivity index (χ0v) is 11.3. The lowest BCUT2D eigenvalue weighted by molar-refractivity contribution is -0.116. The van der Waals surface area contributed by atoms with Gasteiger partial charge >= 0.3 is 0 Å². The Kier molecular flexibility index (Phi) is 4.60. The maximum absolute atomic E-state index is 11.8. The molecule has 0 unspecified atom stereocenters. The molecule has 0 heterocycles. The van der Waals surface area contributed by atoms with Gasteiger partial charge in [0, 0.05) is 18.2 Å². The highest BCUT2D eigenvalue weighted by molar-refractivity contribution is 5.91. The van der Waals surface area contributed by atoms with Crippen molar-refractivity contribution in [3.8, 4) is 11.5 Å². The van der Waals surface area contributed by atoms with Crippen LogP contribution in [0.2, 0.25) is 0 Å². The van der Waals surface area contributed by atoms with Crippen LogP contribution in [0.1, 0.15) is 12.0 Å². The molecule has 2 aromatic carbocycles. The third-order valence-corrected chi connectivity index (χ3v) is 2.93. The topological polar surface area (TPSA) is 58.6 Å². The molecule has 20 heavy (non-hydrogen) atoms. The number of phenolic OH excluding ortho intramolecular Hbond substituents is 1. The van der Waals surface area contributed by atoms with Crippen LogP contribution < -0.4 is 10.1 Å². The predicted octanol–water partition coefficient (Wildman–Crippen LogP) is 2.97. The minimum absolute atomic E-state index is 0.0774. The average Bonchev–Trinajstić information content (AvgIpc) is 2.46. The Balaban J connectivity index is 1.85. The number of ether oxygens (including phenoxy) is 1. The standard InChI is InChI=1S/C16H17NO3/c1-20-15-8-5-12(6-9-15)7-10-16(19)17-13-3-2-4-14(18)11-13/h2-6,8-9,11,18H,7,10H2,1H3,(H,17,19). The number of carbonyl (C=O) groups excluding carboxylic acids is 1. The summed E-state index contributed by atoms with van der Waals surface area (Å²) in [6.45, 7) is 0. The van der Waals surface area contributed by atoms with Crippen molar-refractivity contribution in [2.45, 2.75) is 12.8 Å². The SMILES string of the molecule is COc1ccc(CCC(=O)Nc2cccc(O)c2)cc1. The molecule has 2 aromatic rings. The van der Waals surface area contributed by atoms with Crippen LogP contribution in [0, 0.1) is 0 Å². The van der Waals surface area contributed by atoms with Gasteiger partial charge in [-0.15, -0.1) is 0 Å².